The molecule has 0 bridgehead atoms. The van der Waals surface area contributed by atoms with Crippen molar-refractivity contribution in [2.75, 3.05) is 40.8 Å². The third-order valence-electron chi connectivity index (χ3n) is 4.82. The highest BCUT2D eigenvalue weighted by molar-refractivity contribution is 14.0. The number of likely N-dealkylation sites (N-methyl/N-ethyl adjacent to an activating group) is 1. The van der Waals surface area contributed by atoms with Gasteiger partial charge in [0.25, 0.3) is 0 Å². The molecule has 1 fully saturated rings. The van der Waals surface area contributed by atoms with Crippen LogP contribution in [0.15, 0.2) is 29.3 Å². The van der Waals surface area contributed by atoms with Crippen LogP contribution in [0.25, 0.3) is 0 Å². The predicted molar refractivity (Wildman–Crippen MR) is 116 cm³/mol. The van der Waals surface area contributed by atoms with Gasteiger partial charge in [0.05, 0.1) is 7.11 Å². The number of para-hydroxylation sites is 1. The highest BCUT2D eigenvalue weighted by Crippen LogP contribution is 2.19. The molecule has 1 heterocycles. The quantitative estimate of drug-likeness (QED) is 0.402. The van der Waals surface area contributed by atoms with Crippen LogP contribution in [0.2, 0.25) is 0 Å². The van der Waals surface area contributed by atoms with Crippen LogP contribution in [0.4, 0.5) is 0 Å². The van der Waals surface area contributed by atoms with Crippen LogP contribution >= 0.6 is 24.0 Å². The Morgan fingerprint density at radius 1 is 1.36 bits per heavy atom. The van der Waals surface area contributed by atoms with Crippen molar-refractivity contribution >= 4 is 29.9 Å². The van der Waals surface area contributed by atoms with E-state index in [9.17, 15) is 0 Å². The summed E-state index contributed by atoms with van der Waals surface area (Å²) in [6.45, 7) is 6.32. The molecule has 0 radical (unpaired) electrons. The van der Waals surface area contributed by atoms with Crippen LogP contribution in [0.3, 0.4) is 0 Å². The van der Waals surface area contributed by atoms with Gasteiger partial charge >= 0.3 is 0 Å². The van der Waals surface area contributed by atoms with E-state index in [2.05, 4.69) is 40.1 Å². The Morgan fingerprint density at radius 3 is 2.80 bits per heavy atom. The average molecular weight is 460 g/mol. The van der Waals surface area contributed by atoms with E-state index in [1.165, 1.54) is 31.4 Å². The standard InChI is InChI=1S/C19H32N4O.HI/c1-5-23-13-9-8-11-17(23)14-21-19(20-2)22(3)15-16-10-6-7-12-18(16)24-4;/h6-7,10,12,17H,5,8-9,11,13-15H2,1-4H3,(H,20,21);1H. The van der Waals surface area contributed by atoms with Crippen LogP contribution in [0, 0.1) is 0 Å². The van der Waals surface area contributed by atoms with E-state index in [-0.39, 0.29) is 24.0 Å². The maximum absolute atomic E-state index is 5.45. The number of halogens is 1. The van der Waals surface area contributed by atoms with E-state index < -0.39 is 0 Å². The Hall–Kier alpha value is -1.02. The number of nitrogens with zero attached hydrogens (tertiary/aromatic N) is 3. The molecule has 0 amide bonds. The molecule has 1 aliphatic rings. The van der Waals surface area contributed by atoms with Crippen molar-refractivity contribution in [3.63, 3.8) is 0 Å². The highest BCUT2D eigenvalue weighted by Gasteiger charge is 2.21. The molecule has 2 rings (SSSR count). The number of ether oxygens (including phenoxy) is 1. The van der Waals surface area contributed by atoms with Crippen molar-refractivity contribution < 1.29 is 4.74 Å². The minimum Gasteiger partial charge on any atom is -0.496 e. The second-order valence-corrected chi connectivity index (χ2v) is 6.37. The number of rotatable bonds is 6. The Kier molecular flexibility index (Phi) is 10.2. The monoisotopic (exact) mass is 460 g/mol. The van der Waals surface area contributed by atoms with Gasteiger partial charge in [0.2, 0.25) is 0 Å². The fraction of sp³-hybridized carbons (Fsp3) is 0.632. The second-order valence-electron chi connectivity index (χ2n) is 6.37. The third kappa shape index (κ3) is 6.33. The molecule has 1 aromatic carbocycles. The number of benzene rings is 1. The van der Waals surface area contributed by atoms with Crippen molar-refractivity contribution in [3.05, 3.63) is 29.8 Å². The molecule has 1 saturated heterocycles. The molecule has 1 unspecified atom stereocenters. The summed E-state index contributed by atoms with van der Waals surface area (Å²) in [6.07, 6.45) is 3.93. The molecular weight excluding hydrogens is 427 g/mol. The van der Waals surface area contributed by atoms with Crippen LogP contribution in [-0.2, 0) is 6.54 Å². The molecule has 1 atom stereocenters. The van der Waals surface area contributed by atoms with Crippen molar-refractivity contribution in [1.82, 2.24) is 15.1 Å². The second kappa shape index (κ2) is 11.6. The molecule has 25 heavy (non-hydrogen) atoms. The van der Waals surface area contributed by atoms with Crippen molar-refractivity contribution in [3.8, 4) is 5.75 Å². The first kappa shape index (κ1) is 22.0. The molecule has 5 nitrogen and oxygen atoms in total. The zero-order chi connectivity index (χ0) is 17.4. The summed E-state index contributed by atoms with van der Waals surface area (Å²) < 4.78 is 5.45. The lowest BCUT2D eigenvalue weighted by Gasteiger charge is -2.35. The third-order valence-corrected chi connectivity index (χ3v) is 4.82. The number of hydrogen-bond acceptors (Lipinski definition) is 3. The van der Waals surface area contributed by atoms with Crippen LogP contribution in [0.1, 0.15) is 31.7 Å². The molecule has 6 heteroatoms. The van der Waals surface area contributed by atoms with Gasteiger partial charge in [-0.25, -0.2) is 0 Å². The van der Waals surface area contributed by atoms with E-state index in [0.29, 0.717) is 6.04 Å². The zero-order valence-corrected chi connectivity index (χ0v) is 18.3. The van der Waals surface area contributed by atoms with Gasteiger partial charge in [-0.15, -0.1) is 24.0 Å². The molecule has 1 aromatic rings. The van der Waals surface area contributed by atoms with Crippen molar-refractivity contribution in [2.24, 2.45) is 4.99 Å². The minimum atomic E-state index is 0. The molecule has 0 spiro atoms. The summed E-state index contributed by atoms with van der Waals surface area (Å²) in [5, 5.41) is 3.55. The van der Waals surface area contributed by atoms with Gasteiger partial charge in [-0.3, -0.25) is 9.89 Å². The molecule has 0 aliphatic carbocycles. The van der Waals surface area contributed by atoms with Crippen LogP contribution in [0.5, 0.6) is 5.75 Å². The Bertz CT molecular complexity index is 538. The van der Waals surface area contributed by atoms with Crippen molar-refractivity contribution in [1.29, 1.82) is 0 Å². The van der Waals surface area contributed by atoms with E-state index in [4.69, 9.17) is 4.74 Å². The summed E-state index contributed by atoms with van der Waals surface area (Å²) >= 11 is 0. The van der Waals surface area contributed by atoms with E-state index in [1.54, 1.807) is 7.11 Å². The Morgan fingerprint density at radius 2 is 2.12 bits per heavy atom. The Labute approximate surface area is 169 Å². The molecule has 1 N–H and O–H groups in total. The lowest BCUT2D eigenvalue weighted by Crippen LogP contribution is -2.49. The number of nitrogens with one attached hydrogen (secondary N) is 1. The topological polar surface area (TPSA) is 40.1 Å². The molecule has 1 aliphatic heterocycles. The minimum absolute atomic E-state index is 0. The van der Waals surface area contributed by atoms with E-state index in [1.807, 2.05) is 25.2 Å². The Balaban J connectivity index is 0.00000312. The maximum atomic E-state index is 5.45. The van der Waals surface area contributed by atoms with Gasteiger partial charge in [0, 0.05) is 38.8 Å². The smallest absolute Gasteiger partial charge is 0.193 e. The first-order valence-corrected chi connectivity index (χ1v) is 8.97. The summed E-state index contributed by atoms with van der Waals surface area (Å²) in [4.78, 5) is 9.17. The first-order chi connectivity index (χ1) is 11.7. The molecule has 142 valence electrons. The van der Waals surface area contributed by atoms with E-state index >= 15 is 0 Å². The lowest BCUT2D eigenvalue weighted by atomic mass is 10.0. The van der Waals surface area contributed by atoms with Crippen molar-refractivity contribution in [2.45, 2.75) is 38.8 Å². The number of piperidine rings is 1. The molecule has 0 saturated carbocycles. The zero-order valence-electron chi connectivity index (χ0n) is 16.0. The van der Waals surface area contributed by atoms with Gasteiger partial charge in [-0.05, 0) is 32.0 Å². The molecule has 0 aromatic heterocycles. The average Bonchev–Trinajstić information content (AvgIpc) is 2.63. The fourth-order valence-electron chi connectivity index (χ4n) is 3.47. The van der Waals surface area contributed by atoms with Crippen LogP contribution in [-0.4, -0.2) is 62.6 Å². The number of guanidine groups is 1. The summed E-state index contributed by atoms with van der Waals surface area (Å²) in [6, 6.07) is 8.75. The van der Waals surface area contributed by atoms with Gasteiger partial charge in [0.15, 0.2) is 5.96 Å². The number of likely N-dealkylation sites (tertiary alicyclic amines) is 1. The lowest BCUT2D eigenvalue weighted by molar-refractivity contribution is 0.156. The SMILES string of the molecule is CCN1CCCCC1CNC(=NC)N(C)Cc1ccccc1OC.I. The van der Waals surface area contributed by atoms with Crippen LogP contribution < -0.4 is 10.1 Å². The first-order valence-electron chi connectivity index (χ1n) is 8.97. The summed E-state index contributed by atoms with van der Waals surface area (Å²) in [5.41, 5.74) is 1.17. The van der Waals surface area contributed by atoms with Gasteiger partial charge in [0.1, 0.15) is 5.75 Å². The summed E-state index contributed by atoms with van der Waals surface area (Å²) in [5.74, 6) is 1.85. The van der Waals surface area contributed by atoms with E-state index in [0.717, 1.165) is 31.3 Å². The summed E-state index contributed by atoms with van der Waals surface area (Å²) in [7, 11) is 5.63. The van der Waals surface area contributed by atoms with Gasteiger partial charge in [-0.1, -0.05) is 31.5 Å². The predicted octanol–water partition coefficient (Wildman–Crippen LogP) is 3.19. The van der Waals surface area contributed by atoms with Gasteiger partial charge < -0.3 is 15.0 Å². The van der Waals surface area contributed by atoms with Gasteiger partial charge in [-0.2, -0.15) is 0 Å². The maximum Gasteiger partial charge on any atom is 0.193 e. The highest BCUT2D eigenvalue weighted by atomic mass is 127. The normalized spacial score (nSPS) is 18.4. The number of aliphatic imine (C=N–C) groups is 1. The number of methoxy groups -OCH3 is 1. The number of hydrogen-bond donors (Lipinski definition) is 1. The fourth-order valence-corrected chi connectivity index (χ4v) is 3.47. The largest absolute Gasteiger partial charge is 0.496 e. The molecular formula is C19H33IN4O.